The highest BCUT2D eigenvalue weighted by Gasteiger charge is 2.17. The lowest BCUT2D eigenvalue weighted by atomic mass is 10.2. The Morgan fingerprint density at radius 2 is 2.24 bits per heavy atom. The van der Waals surface area contributed by atoms with Gasteiger partial charge in [0.15, 0.2) is 11.5 Å². The van der Waals surface area contributed by atoms with Crippen LogP contribution in [0.5, 0.6) is 11.5 Å². The number of ether oxygens (including phenoxy) is 2. The van der Waals surface area contributed by atoms with Gasteiger partial charge in [0.1, 0.15) is 0 Å². The Morgan fingerprint density at radius 1 is 1.41 bits per heavy atom. The molecule has 0 unspecified atom stereocenters. The SMILES string of the molecule is CC(C)CONCc1cc(Br)c2c(c1)OCO2. The summed E-state index contributed by atoms with van der Waals surface area (Å²) in [4.78, 5) is 5.32. The Balaban J connectivity index is 1.91. The van der Waals surface area contributed by atoms with E-state index in [1.54, 1.807) is 0 Å². The molecule has 1 heterocycles. The van der Waals surface area contributed by atoms with E-state index < -0.39 is 0 Å². The van der Waals surface area contributed by atoms with Gasteiger partial charge in [0, 0.05) is 6.54 Å². The van der Waals surface area contributed by atoms with Crippen molar-refractivity contribution in [2.75, 3.05) is 13.4 Å². The second-order valence-electron chi connectivity index (χ2n) is 4.34. The molecule has 0 saturated heterocycles. The van der Waals surface area contributed by atoms with Crippen molar-refractivity contribution >= 4 is 15.9 Å². The molecular formula is C12H16BrNO3. The van der Waals surface area contributed by atoms with Crippen LogP contribution in [0.2, 0.25) is 0 Å². The summed E-state index contributed by atoms with van der Waals surface area (Å²) in [5, 5.41) is 0. The van der Waals surface area contributed by atoms with E-state index in [1.807, 2.05) is 12.1 Å². The van der Waals surface area contributed by atoms with Gasteiger partial charge in [0.05, 0.1) is 11.1 Å². The summed E-state index contributed by atoms with van der Waals surface area (Å²) >= 11 is 3.46. The molecule has 0 bridgehead atoms. The Hall–Kier alpha value is -0.780. The van der Waals surface area contributed by atoms with Crippen molar-refractivity contribution in [3.8, 4) is 11.5 Å². The number of nitrogens with one attached hydrogen (secondary N) is 1. The second kappa shape index (κ2) is 5.71. The Labute approximate surface area is 109 Å². The molecule has 0 fully saturated rings. The van der Waals surface area contributed by atoms with Gasteiger partial charge >= 0.3 is 0 Å². The number of rotatable bonds is 5. The summed E-state index contributed by atoms with van der Waals surface area (Å²) in [6, 6.07) is 3.96. The molecule has 1 aliphatic rings. The maximum absolute atomic E-state index is 5.34. The van der Waals surface area contributed by atoms with E-state index in [-0.39, 0.29) is 6.79 Å². The highest BCUT2D eigenvalue weighted by atomic mass is 79.9. The molecule has 1 aromatic rings. The highest BCUT2D eigenvalue weighted by Crippen LogP contribution is 2.39. The maximum atomic E-state index is 5.34. The molecule has 2 rings (SSSR count). The first-order chi connectivity index (χ1) is 8.16. The van der Waals surface area contributed by atoms with Crippen molar-refractivity contribution < 1.29 is 14.3 Å². The number of halogens is 1. The van der Waals surface area contributed by atoms with Gasteiger partial charge < -0.3 is 14.3 Å². The predicted molar refractivity (Wildman–Crippen MR) is 67.9 cm³/mol. The third-order valence-electron chi connectivity index (χ3n) is 2.28. The van der Waals surface area contributed by atoms with E-state index in [4.69, 9.17) is 14.3 Å². The third kappa shape index (κ3) is 3.34. The summed E-state index contributed by atoms with van der Waals surface area (Å²) in [5.74, 6) is 2.07. The zero-order valence-corrected chi connectivity index (χ0v) is 11.5. The molecule has 1 aliphatic heterocycles. The average Bonchev–Trinajstić information content (AvgIpc) is 2.72. The zero-order chi connectivity index (χ0) is 12.3. The summed E-state index contributed by atoms with van der Waals surface area (Å²) < 4.78 is 11.6. The monoisotopic (exact) mass is 301 g/mol. The van der Waals surface area contributed by atoms with E-state index >= 15 is 0 Å². The summed E-state index contributed by atoms with van der Waals surface area (Å²) in [7, 11) is 0. The van der Waals surface area contributed by atoms with Crippen LogP contribution in [-0.2, 0) is 11.4 Å². The first-order valence-electron chi connectivity index (χ1n) is 5.59. The van der Waals surface area contributed by atoms with E-state index in [0.717, 1.165) is 21.5 Å². The van der Waals surface area contributed by atoms with E-state index in [9.17, 15) is 0 Å². The summed E-state index contributed by atoms with van der Waals surface area (Å²) in [6.45, 7) is 5.85. The molecule has 17 heavy (non-hydrogen) atoms. The highest BCUT2D eigenvalue weighted by molar-refractivity contribution is 9.10. The fourth-order valence-electron chi connectivity index (χ4n) is 1.48. The van der Waals surface area contributed by atoms with Gasteiger partial charge in [-0.2, -0.15) is 5.48 Å². The fourth-order valence-corrected chi connectivity index (χ4v) is 2.09. The van der Waals surface area contributed by atoms with Crippen molar-refractivity contribution in [1.29, 1.82) is 0 Å². The van der Waals surface area contributed by atoms with Crippen LogP contribution in [0.15, 0.2) is 16.6 Å². The van der Waals surface area contributed by atoms with Crippen LogP contribution in [0, 0.1) is 5.92 Å². The first-order valence-corrected chi connectivity index (χ1v) is 6.39. The van der Waals surface area contributed by atoms with Crippen LogP contribution in [0.25, 0.3) is 0 Å². The van der Waals surface area contributed by atoms with Crippen molar-refractivity contribution in [2.24, 2.45) is 5.92 Å². The molecule has 1 N–H and O–H groups in total. The Morgan fingerprint density at radius 3 is 3.00 bits per heavy atom. The standard InChI is InChI=1S/C12H16BrNO3/c1-8(2)6-17-14-5-9-3-10(13)12-11(4-9)15-7-16-12/h3-4,8,14H,5-7H2,1-2H3. The van der Waals surface area contributed by atoms with E-state index in [2.05, 4.69) is 35.3 Å². The normalized spacial score (nSPS) is 13.4. The Bertz CT molecular complexity index is 396. The summed E-state index contributed by atoms with van der Waals surface area (Å²) in [5.41, 5.74) is 4.02. The molecule has 5 heteroatoms. The molecule has 0 spiro atoms. The quantitative estimate of drug-likeness (QED) is 0.670. The number of hydrogen-bond donors (Lipinski definition) is 1. The van der Waals surface area contributed by atoms with Crippen LogP contribution in [0.4, 0.5) is 0 Å². The molecule has 0 atom stereocenters. The molecule has 0 amide bonds. The van der Waals surface area contributed by atoms with Gasteiger partial charge in [-0.3, -0.25) is 0 Å². The Kier molecular flexibility index (Phi) is 4.25. The lowest BCUT2D eigenvalue weighted by molar-refractivity contribution is 0.0196. The molecule has 0 aliphatic carbocycles. The minimum absolute atomic E-state index is 0.286. The minimum Gasteiger partial charge on any atom is -0.454 e. The number of hydrogen-bond acceptors (Lipinski definition) is 4. The zero-order valence-electron chi connectivity index (χ0n) is 9.96. The van der Waals surface area contributed by atoms with Crippen molar-refractivity contribution in [2.45, 2.75) is 20.4 Å². The molecule has 0 radical (unpaired) electrons. The fraction of sp³-hybridized carbons (Fsp3) is 0.500. The van der Waals surface area contributed by atoms with Crippen LogP contribution in [-0.4, -0.2) is 13.4 Å². The van der Waals surface area contributed by atoms with Gasteiger partial charge in [-0.25, -0.2) is 0 Å². The molecule has 0 saturated carbocycles. The molecular weight excluding hydrogens is 286 g/mol. The number of hydroxylamine groups is 1. The summed E-state index contributed by atoms with van der Waals surface area (Å²) in [6.07, 6.45) is 0. The van der Waals surface area contributed by atoms with E-state index in [1.165, 1.54) is 0 Å². The molecule has 1 aromatic carbocycles. The van der Waals surface area contributed by atoms with Crippen LogP contribution in [0.3, 0.4) is 0 Å². The lowest BCUT2D eigenvalue weighted by Gasteiger charge is -2.09. The second-order valence-corrected chi connectivity index (χ2v) is 5.19. The van der Waals surface area contributed by atoms with Gasteiger partial charge in [0.2, 0.25) is 6.79 Å². The predicted octanol–water partition coefficient (Wildman–Crippen LogP) is 2.86. The molecule has 94 valence electrons. The minimum atomic E-state index is 0.286. The van der Waals surface area contributed by atoms with Crippen molar-refractivity contribution in [1.82, 2.24) is 5.48 Å². The third-order valence-corrected chi connectivity index (χ3v) is 2.87. The average molecular weight is 302 g/mol. The maximum Gasteiger partial charge on any atom is 0.231 e. The first kappa shape index (κ1) is 12.7. The lowest BCUT2D eigenvalue weighted by Crippen LogP contribution is -2.17. The number of benzene rings is 1. The molecule has 0 aromatic heterocycles. The van der Waals surface area contributed by atoms with Crippen LogP contribution in [0.1, 0.15) is 19.4 Å². The largest absolute Gasteiger partial charge is 0.454 e. The van der Waals surface area contributed by atoms with Crippen LogP contribution >= 0.6 is 15.9 Å². The molecule has 4 nitrogen and oxygen atoms in total. The van der Waals surface area contributed by atoms with Crippen LogP contribution < -0.4 is 15.0 Å². The van der Waals surface area contributed by atoms with Gasteiger partial charge in [-0.15, -0.1) is 0 Å². The van der Waals surface area contributed by atoms with Crippen molar-refractivity contribution in [3.05, 3.63) is 22.2 Å². The van der Waals surface area contributed by atoms with Gasteiger partial charge in [0.25, 0.3) is 0 Å². The van der Waals surface area contributed by atoms with Gasteiger partial charge in [-0.1, -0.05) is 13.8 Å². The van der Waals surface area contributed by atoms with Crippen molar-refractivity contribution in [3.63, 3.8) is 0 Å². The van der Waals surface area contributed by atoms with E-state index in [0.29, 0.717) is 19.1 Å². The topological polar surface area (TPSA) is 39.7 Å². The van der Waals surface area contributed by atoms with Gasteiger partial charge in [-0.05, 0) is 39.5 Å². The smallest absolute Gasteiger partial charge is 0.231 e. The number of fused-ring (bicyclic) bond motifs is 1.